The van der Waals surface area contributed by atoms with Crippen LogP contribution in [0.4, 0.5) is 4.39 Å². The maximum Gasteiger partial charge on any atom is 0.320 e. The van der Waals surface area contributed by atoms with Crippen LogP contribution in [0, 0.1) is 18.3 Å². The van der Waals surface area contributed by atoms with Crippen molar-refractivity contribution in [2.24, 2.45) is 0 Å². The third-order valence-electron chi connectivity index (χ3n) is 10.6. The SMILES string of the molecule is COc1cc(C(=O)NC2(c3nc4cc(CN[C@@H]5CCOC[C@@H]5F)cc(C#N)c4o3)C=CC=C(c3ccccc3C)C2Cl)ncc1CN1CCCC[C@H]1C(=O)O. The molecule has 7 rings (SSSR count). The van der Waals surface area contributed by atoms with Crippen LogP contribution in [0.1, 0.15) is 69.9 Å². The van der Waals surface area contributed by atoms with Crippen molar-refractivity contribution in [3.63, 3.8) is 0 Å². The number of nitrogens with one attached hydrogen (secondary N) is 2. The highest BCUT2D eigenvalue weighted by Crippen LogP contribution is 2.43. The smallest absolute Gasteiger partial charge is 0.320 e. The lowest BCUT2D eigenvalue weighted by Crippen LogP contribution is -2.52. The summed E-state index contributed by atoms with van der Waals surface area (Å²) in [6, 6.07) is 13.9. The second-order valence-corrected chi connectivity index (χ2v) is 14.6. The molecule has 2 aliphatic heterocycles. The van der Waals surface area contributed by atoms with Crippen molar-refractivity contribution in [1.29, 1.82) is 5.26 Å². The Hall–Kier alpha value is -5.13. The highest BCUT2D eigenvalue weighted by atomic mass is 35.5. The predicted molar refractivity (Wildman–Crippen MR) is 203 cm³/mol. The summed E-state index contributed by atoms with van der Waals surface area (Å²) < 4.78 is 31.8. The number of oxazole rings is 1. The Balaban J connectivity index is 1.24. The third kappa shape index (κ3) is 7.73. The number of aliphatic carboxylic acids is 1. The largest absolute Gasteiger partial charge is 0.496 e. The number of pyridine rings is 1. The number of halogens is 2. The van der Waals surface area contributed by atoms with E-state index < -0.39 is 35.0 Å². The highest BCUT2D eigenvalue weighted by molar-refractivity contribution is 6.28. The monoisotopic (exact) mass is 768 g/mol. The van der Waals surface area contributed by atoms with Crippen molar-refractivity contribution < 1.29 is 33.0 Å². The number of aromatic nitrogens is 2. The molecule has 2 saturated heterocycles. The second-order valence-electron chi connectivity index (χ2n) is 14.2. The topological polar surface area (TPSA) is 163 Å². The van der Waals surface area contributed by atoms with Crippen molar-refractivity contribution in [3.8, 4) is 11.8 Å². The lowest BCUT2D eigenvalue weighted by Gasteiger charge is -2.36. The van der Waals surface area contributed by atoms with Crippen LogP contribution < -0.4 is 15.4 Å². The molecule has 55 heavy (non-hydrogen) atoms. The molecule has 0 bridgehead atoms. The van der Waals surface area contributed by atoms with E-state index in [1.807, 2.05) is 42.2 Å². The minimum absolute atomic E-state index is 0.0270. The van der Waals surface area contributed by atoms with Gasteiger partial charge in [0.05, 0.1) is 24.7 Å². The summed E-state index contributed by atoms with van der Waals surface area (Å²) in [5, 5.41) is 25.4. The second kappa shape index (κ2) is 16.3. The molecule has 286 valence electrons. The van der Waals surface area contributed by atoms with Crippen molar-refractivity contribution in [3.05, 3.63) is 106 Å². The predicted octanol–water partition coefficient (Wildman–Crippen LogP) is 5.95. The van der Waals surface area contributed by atoms with Crippen LogP contribution in [0.25, 0.3) is 16.7 Å². The molecule has 3 N–H and O–H groups in total. The van der Waals surface area contributed by atoms with Gasteiger partial charge in [-0.1, -0.05) is 42.8 Å². The van der Waals surface area contributed by atoms with Gasteiger partial charge < -0.3 is 29.6 Å². The van der Waals surface area contributed by atoms with Gasteiger partial charge in [-0.15, -0.1) is 11.6 Å². The van der Waals surface area contributed by atoms with Gasteiger partial charge in [-0.3, -0.25) is 19.5 Å². The Kier molecular flexibility index (Phi) is 11.3. The van der Waals surface area contributed by atoms with Crippen LogP contribution in [-0.2, 0) is 28.2 Å². The summed E-state index contributed by atoms with van der Waals surface area (Å²) in [6.45, 7) is 3.67. The summed E-state index contributed by atoms with van der Waals surface area (Å²) in [5.41, 5.74) is 3.18. The van der Waals surface area contributed by atoms with E-state index in [1.54, 1.807) is 24.3 Å². The molecule has 4 aromatic rings. The van der Waals surface area contributed by atoms with Crippen LogP contribution in [0.3, 0.4) is 0 Å². The molecule has 2 unspecified atom stereocenters. The van der Waals surface area contributed by atoms with Gasteiger partial charge in [-0.25, -0.2) is 9.37 Å². The zero-order valence-corrected chi connectivity index (χ0v) is 31.3. The molecule has 4 heterocycles. The van der Waals surface area contributed by atoms with Crippen LogP contribution in [0.15, 0.2) is 71.3 Å². The average molecular weight is 769 g/mol. The fourth-order valence-electron chi connectivity index (χ4n) is 7.64. The summed E-state index contributed by atoms with van der Waals surface area (Å²) in [5.74, 6) is -1.04. The van der Waals surface area contributed by atoms with Crippen LogP contribution in [-0.4, -0.2) is 82.4 Å². The molecule has 2 aromatic carbocycles. The first kappa shape index (κ1) is 38.2. The Bertz CT molecular complexity index is 2200. The van der Waals surface area contributed by atoms with Gasteiger partial charge in [-0.05, 0) is 73.2 Å². The van der Waals surface area contributed by atoms with E-state index in [2.05, 4.69) is 21.7 Å². The summed E-state index contributed by atoms with van der Waals surface area (Å²) in [6.07, 6.45) is 8.57. The standard InChI is InChI=1S/C41H42ClFN6O6/c1-24-8-3-4-9-28(24)29-10-7-13-41(37(29)42,40-47-32-17-25(16-26(19-44)36(32)55-40)20-45-31-12-15-54-23-30(31)43)48-38(50)33-18-35(53-2)27(21-46-33)22-49-14-6-5-11-34(49)39(51)52/h3-4,7-10,13,16-18,21,30-31,34,37,45H,5-6,11-12,14-15,20,22-23H2,1-2H3,(H,48,50)(H,51,52)/t30-,31+,34-,37?,41?/m0/s1. The molecule has 2 fully saturated rings. The van der Waals surface area contributed by atoms with Gasteiger partial charge in [0.2, 0.25) is 5.89 Å². The number of aryl methyl sites for hydroxylation is 1. The van der Waals surface area contributed by atoms with E-state index in [-0.39, 0.29) is 41.9 Å². The van der Waals surface area contributed by atoms with E-state index in [1.165, 1.54) is 19.4 Å². The van der Waals surface area contributed by atoms with Gasteiger partial charge >= 0.3 is 5.97 Å². The first-order valence-electron chi connectivity index (χ1n) is 18.3. The summed E-state index contributed by atoms with van der Waals surface area (Å²) in [4.78, 5) is 37.5. The third-order valence-corrected chi connectivity index (χ3v) is 11.2. The fraction of sp³-hybridized carbons (Fsp3) is 0.390. The number of rotatable bonds is 11. The first-order chi connectivity index (χ1) is 26.6. The number of nitrogens with zero attached hydrogens (tertiary/aromatic N) is 4. The zero-order valence-electron chi connectivity index (χ0n) is 30.6. The number of allylic oxidation sites excluding steroid dienone is 2. The number of carboxylic acid groups (broad SMARTS) is 1. The van der Waals surface area contributed by atoms with Crippen molar-refractivity contribution >= 4 is 40.2 Å². The van der Waals surface area contributed by atoms with Gasteiger partial charge in [-0.2, -0.15) is 5.26 Å². The number of carbonyl (C=O) groups is 2. The van der Waals surface area contributed by atoms with Gasteiger partial charge in [0.25, 0.3) is 5.91 Å². The first-order valence-corrected chi connectivity index (χ1v) is 18.8. The van der Waals surface area contributed by atoms with Crippen molar-refractivity contribution in [2.75, 3.05) is 26.9 Å². The van der Waals surface area contributed by atoms with Crippen LogP contribution in [0.5, 0.6) is 5.75 Å². The van der Waals surface area contributed by atoms with Crippen LogP contribution in [0.2, 0.25) is 0 Å². The Labute approximate surface area is 323 Å². The Morgan fingerprint density at radius 2 is 2.05 bits per heavy atom. The number of alkyl halides is 2. The van der Waals surface area contributed by atoms with Crippen LogP contribution >= 0.6 is 11.6 Å². The van der Waals surface area contributed by atoms with E-state index in [9.17, 15) is 24.3 Å². The molecule has 3 aliphatic rings. The molecule has 0 saturated carbocycles. The number of carboxylic acids is 1. The fourth-order valence-corrected chi connectivity index (χ4v) is 8.05. The van der Waals surface area contributed by atoms with Gasteiger partial charge in [0.15, 0.2) is 11.1 Å². The van der Waals surface area contributed by atoms with Crippen molar-refractivity contribution in [2.45, 2.75) is 74.9 Å². The number of piperidine rings is 1. The van der Waals surface area contributed by atoms with E-state index in [4.69, 9.17) is 30.5 Å². The number of hydrogen-bond donors (Lipinski definition) is 3. The molecule has 5 atom stereocenters. The number of hydrogen-bond acceptors (Lipinski definition) is 10. The molecular weight excluding hydrogens is 727 g/mol. The number of likely N-dealkylation sites (tertiary alicyclic amines) is 1. The number of methoxy groups -OCH3 is 1. The zero-order chi connectivity index (χ0) is 38.7. The number of benzene rings is 2. The van der Waals surface area contributed by atoms with Gasteiger partial charge in [0.1, 0.15) is 35.2 Å². The number of fused-ring (bicyclic) bond motifs is 1. The lowest BCUT2D eigenvalue weighted by atomic mass is 9.81. The molecule has 12 nitrogen and oxygen atoms in total. The average Bonchev–Trinajstić information content (AvgIpc) is 3.64. The number of ether oxygens (including phenoxy) is 2. The normalized spacial score (nSPS) is 24.2. The maximum absolute atomic E-state index is 14.5. The van der Waals surface area contributed by atoms with E-state index in [0.717, 1.165) is 24.0 Å². The summed E-state index contributed by atoms with van der Waals surface area (Å²) >= 11 is 7.44. The lowest BCUT2D eigenvalue weighted by molar-refractivity contribution is -0.144. The Morgan fingerprint density at radius 3 is 2.82 bits per heavy atom. The molecule has 2 aromatic heterocycles. The van der Waals surface area contributed by atoms with Crippen molar-refractivity contribution in [1.82, 2.24) is 25.5 Å². The summed E-state index contributed by atoms with van der Waals surface area (Å²) in [7, 11) is 1.49. The quantitative estimate of drug-likeness (QED) is 0.155. The molecule has 1 amide bonds. The van der Waals surface area contributed by atoms with E-state index in [0.29, 0.717) is 60.5 Å². The minimum Gasteiger partial charge on any atom is -0.496 e. The molecule has 14 heteroatoms. The number of amides is 1. The maximum atomic E-state index is 14.5. The molecule has 1 aliphatic carbocycles. The van der Waals surface area contributed by atoms with Gasteiger partial charge in [0, 0.05) is 43.6 Å². The highest BCUT2D eigenvalue weighted by Gasteiger charge is 2.47. The van der Waals surface area contributed by atoms with E-state index >= 15 is 0 Å². The molecule has 0 spiro atoms. The number of nitriles is 1. The number of carbonyl (C=O) groups excluding carboxylic acids is 1. The minimum atomic E-state index is -1.56. The molecule has 0 radical (unpaired) electrons. The molecular formula is C41H42ClFN6O6. The Morgan fingerprint density at radius 1 is 1.22 bits per heavy atom.